The number of rotatable bonds is 1. The molecule has 0 aliphatic carbocycles. The van der Waals surface area contributed by atoms with Gasteiger partial charge in [0, 0.05) is 18.3 Å². The summed E-state index contributed by atoms with van der Waals surface area (Å²) in [6, 6.07) is 10.1. The van der Waals surface area contributed by atoms with Gasteiger partial charge in [-0.3, -0.25) is 4.79 Å². The standard InChI is InChI=1S/C14H12N2O2/c1-9-13(10-3-5-12(17)6-4-10)7-11(8-15)14(18)16(9)2/h3-7,17H,1-2H3. The fourth-order valence-electron chi connectivity index (χ4n) is 1.84. The number of hydrogen-bond donors (Lipinski definition) is 1. The van der Waals surface area contributed by atoms with Gasteiger partial charge in [-0.15, -0.1) is 0 Å². The van der Waals surface area contributed by atoms with Crippen LogP contribution in [0.5, 0.6) is 5.75 Å². The molecule has 1 heterocycles. The zero-order chi connectivity index (χ0) is 13.3. The van der Waals surface area contributed by atoms with Crippen LogP contribution in [0.25, 0.3) is 11.1 Å². The number of hydrogen-bond acceptors (Lipinski definition) is 3. The summed E-state index contributed by atoms with van der Waals surface area (Å²) in [5.41, 5.74) is 2.28. The number of pyridine rings is 1. The van der Waals surface area contributed by atoms with Crippen LogP contribution >= 0.6 is 0 Å². The number of benzene rings is 1. The molecule has 0 bridgehead atoms. The van der Waals surface area contributed by atoms with Gasteiger partial charge < -0.3 is 9.67 Å². The van der Waals surface area contributed by atoms with E-state index in [1.54, 1.807) is 37.4 Å². The summed E-state index contributed by atoms with van der Waals surface area (Å²) in [7, 11) is 1.64. The maximum absolute atomic E-state index is 11.8. The summed E-state index contributed by atoms with van der Waals surface area (Å²) in [4.78, 5) is 11.8. The highest BCUT2D eigenvalue weighted by atomic mass is 16.3. The molecule has 0 amide bonds. The molecule has 0 saturated heterocycles. The third-order valence-electron chi connectivity index (χ3n) is 3.02. The zero-order valence-electron chi connectivity index (χ0n) is 10.1. The molecule has 0 radical (unpaired) electrons. The molecule has 0 unspecified atom stereocenters. The number of phenols is 1. The van der Waals surface area contributed by atoms with Crippen LogP contribution in [-0.2, 0) is 7.05 Å². The Balaban J connectivity index is 2.73. The number of nitrogens with zero attached hydrogens (tertiary/aromatic N) is 2. The highest BCUT2D eigenvalue weighted by Gasteiger charge is 2.10. The first-order chi connectivity index (χ1) is 8.54. The van der Waals surface area contributed by atoms with Crippen LogP contribution < -0.4 is 5.56 Å². The molecule has 2 rings (SSSR count). The molecule has 0 atom stereocenters. The Kier molecular flexibility index (Phi) is 2.90. The van der Waals surface area contributed by atoms with E-state index in [1.165, 1.54) is 4.57 Å². The van der Waals surface area contributed by atoms with Gasteiger partial charge in [0.15, 0.2) is 0 Å². The van der Waals surface area contributed by atoms with E-state index < -0.39 is 0 Å². The second kappa shape index (κ2) is 4.38. The molecule has 2 aromatic rings. The van der Waals surface area contributed by atoms with E-state index in [0.717, 1.165) is 16.8 Å². The Hall–Kier alpha value is -2.54. The van der Waals surface area contributed by atoms with Crippen molar-refractivity contribution in [1.29, 1.82) is 5.26 Å². The van der Waals surface area contributed by atoms with Crippen LogP contribution in [0.2, 0.25) is 0 Å². The highest BCUT2D eigenvalue weighted by Crippen LogP contribution is 2.24. The number of nitriles is 1. The van der Waals surface area contributed by atoms with E-state index in [2.05, 4.69) is 0 Å². The lowest BCUT2D eigenvalue weighted by Gasteiger charge is -2.11. The van der Waals surface area contributed by atoms with Crippen LogP contribution in [0.1, 0.15) is 11.3 Å². The number of phenolic OH excluding ortho intramolecular Hbond substituents is 1. The van der Waals surface area contributed by atoms with E-state index >= 15 is 0 Å². The topological polar surface area (TPSA) is 66.0 Å². The van der Waals surface area contributed by atoms with Gasteiger partial charge in [-0.25, -0.2) is 0 Å². The van der Waals surface area contributed by atoms with Crippen LogP contribution in [-0.4, -0.2) is 9.67 Å². The smallest absolute Gasteiger partial charge is 0.268 e. The predicted octanol–water partition coefficient (Wildman–Crippen LogP) is 1.94. The quantitative estimate of drug-likeness (QED) is 0.828. The van der Waals surface area contributed by atoms with E-state index in [0.29, 0.717) is 0 Å². The summed E-state index contributed by atoms with van der Waals surface area (Å²) in [6.45, 7) is 1.82. The van der Waals surface area contributed by atoms with Crippen molar-refractivity contribution in [2.24, 2.45) is 7.05 Å². The van der Waals surface area contributed by atoms with Crippen molar-refractivity contribution in [3.63, 3.8) is 0 Å². The SMILES string of the molecule is Cc1c(-c2ccc(O)cc2)cc(C#N)c(=O)n1C. The molecule has 90 valence electrons. The van der Waals surface area contributed by atoms with Gasteiger partial charge in [0.1, 0.15) is 17.4 Å². The molecular weight excluding hydrogens is 228 g/mol. The minimum Gasteiger partial charge on any atom is -0.508 e. The molecular formula is C14H12N2O2. The lowest BCUT2D eigenvalue weighted by Crippen LogP contribution is -2.22. The first-order valence-electron chi connectivity index (χ1n) is 5.44. The average Bonchev–Trinajstić information content (AvgIpc) is 2.38. The van der Waals surface area contributed by atoms with Crippen molar-refractivity contribution in [2.45, 2.75) is 6.92 Å². The van der Waals surface area contributed by atoms with Gasteiger partial charge in [0.25, 0.3) is 5.56 Å². The number of aromatic nitrogens is 1. The third kappa shape index (κ3) is 1.87. The van der Waals surface area contributed by atoms with Gasteiger partial charge in [0.05, 0.1) is 0 Å². The Morgan fingerprint density at radius 3 is 2.44 bits per heavy atom. The Labute approximate surface area is 104 Å². The lowest BCUT2D eigenvalue weighted by molar-refractivity contribution is 0.475. The highest BCUT2D eigenvalue weighted by molar-refractivity contribution is 5.68. The zero-order valence-corrected chi connectivity index (χ0v) is 10.1. The summed E-state index contributed by atoms with van der Waals surface area (Å²) >= 11 is 0. The van der Waals surface area contributed by atoms with Gasteiger partial charge in [0.2, 0.25) is 0 Å². The number of aromatic hydroxyl groups is 1. The molecule has 0 spiro atoms. The van der Waals surface area contributed by atoms with Gasteiger partial charge in [-0.2, -0.15) is 5.26 Å². The monoisotopic (exact) mass is 240 g/mol. The van der Waals surface area contributed by atoms with E-state index in [4.69, 9.17) is 5.26 Å². The van der Waals surface area contributed by atoms with Crippen molar-refractivity contribution >= 4 is 0 Å². The largest absolute Gasteiger partial charge is 0.508 e. The molecule has 1 aromatic heterocycles. The van der Waals surface area contributed by atoms with E-state index in [9.17, 15) is 9.90 Å². The van der Waals surface area contributed by atoms with Crippen molar-refractivity contribution in [1.82, 2.24) is 4.57 Å². The minimum absolute atomic E-state index is 0.117. The molecule has 1 aromatic carbocycles. The average molecular weight is 240 g/mol. The minimum atomic E-state index is -0.294. The first kappa shape index (κ1) is 11.9. The maximum atomic E-state index is 11.8. The van der Waals surface area contributed by atoms with Gasteiger partial charge >= 0.3 is 0 Å². The van der Waals surface area contributed by atoms with Crippen molar-refractivity contribution in [2.75, 3.05) is 0 Å². The predicted molar refractivity (Wildman–Crippen MR) is 68.2 cm³/mol. The summed E-state index contributed by atoms with van der Waals surface area (Å²) in [5, 5.41) is 18.2. The fraction of sp³-hybridized carbons (Fsp3) is 0.143. The summed E-state index contributed by atoms with van der Waals surface area (Å²) < 4.78 is 1.46. The Bertz CT molecular complexity index is 691. The first-order valence-corrected chi connectivity index (χ1v) is 5.44. The summed E-state index contributed by atoms with van der Waals surface area (Å²) in [5.74, 6) is 0.182. The molecule has 1 N–H and O–H groups in total. The Morgan fingerprint density at radius 2 is 1.89 bits per heavy atom. The molecule has 4 heteroatoms. The second-order valence-corrected chi connectivity index (χ2v) is 4.08. The van der Waals surface area contributed by atoms with Gasteiger partial charge in [-0.05, 0) is 30.7 Å². The van der Waals surface area contributed by atoms with Gasteiger partial charge in [-0.1, -0.05) is 12.1 Å². The Morgan fingerprint density at radius 1 is 1.28 bits per heavy atom. The van der Waals surface area contributed by atoms with Crippen LogP contribution in [0, 0.1) is 18.3 Å². The fourth-order valence-corrected chi connectivity index (χ4v) is 1.84. The lowest BCUT2D eigenvalue weighted by atomic mass is 10.0. The van der Waals surface area contributed by atoms with E-state index in [-0.39, 0.29) is 16.9 Å². The van der Waals surface area contributed by atoms with E-state index in [1.807, 2.05) is 13.0 Å². The second-order valence-electron chi connectivity index (χ2n) is 4.08. The molecule has 0 aliphatic rings. The molecule has 4 nitrogen and oxygen atoms in total. The van der Waals surface area contributed by atoms with Crippen LogP contribution in [0.15, 0.2) is 35.1 Å². The molecule has 18 heavy (non-hydrogen) atoms. The molecule has 0 fully saturated rings. The van der Waals surface area contributed by atoms with Crippen molar-refractivity contribution in [3.05, 3.63) is 51.9 Å². The third-order valence-corrected chi connectivity index (χ3v) is 3.02. The normalized spacial score (nSPS) is 10.1. The maximum Gasteiger partial charge on any atom is 0.268 e. The molecule has 0 saturated carbocycles. The molecule has 0 aliphatic heterocycles. The van der Waals surface area contributed by atoms with Crippen LogP contribution in [0.3, 0.4) is 0 Å². The van der Waals surface area contributed by atoms with Crippen molar-refractivity contribution in [3.8, 4) is 22.9 Å². The summed E-state index contributed by atoms with van der Waals surface area (Å²) in [6.07, 6.45) is 0. The van der Waals surface area contributed by atoms with Crippen LogP contribution in [0.4, 0.5) is 0 Å². The van der Waals surface area contributed by atoms with Crippen molar-refractivity contribution < 1.29 is 5.11 Å².